The third kappa shape index (κ3) is 1.75. The molecule has 4 saturated carbocycles. The number of nitrogens with zero attached hydrogens (tertiary/aromatic N) is 1. The van der Waals surface area contributed by atoms with E-state index in [9.17, 15) is 0 Å². The molecule has 1 aromatic rings. The Bertz CT molecular complexity index is 411. The topological polar surface area (TPSA) is 38.9 Å². The van der Waals surface area contributed by atoms with Crippen molar-refractivity contribution in [1.82, 2.24) is 4.98 Å². The van der Waals surface area contributed by atoms with Crippen molar-refractivity contribution in [1.29, 1.82) is 0 Å². The third-order valence-corrected chi connectivity index (χ3v) is 6.63. The summed E-state index contributed by atoms with van der Waals surface area (Å²) in [4.78, 5) is 6.13. The number of hydrogen-bond acceptors (Lipinski definition) is 3. The standard InChI is InChI=1S/C15H22N2S/c16-2-1-13-8-17-15(18-13)14-11-4-9-3-10(6-11)7-12(14)5-9/h8-12,14H,1-7,16H2. The van der Waals surface area contributed by atoms with Gasteiger partial charge >= 0.3 is 0 Å². The maximum absolute atomic E-state index is 5.64. The Morgan fingerprint density at radius 3 is 2.39 bits per heavy atom. The van der Waals surface area contributed by atoms with Crippen molar-refractivity contribution in [2.75, 3.05) is 6.54 Å². The molecule has 4 bridgehead atoms. The van der Waals surface area contributed by atoms with Gasteiger partial charge in [0.1, 0.15) is 0 Å². The summed E-state index contributed by atoms with van der Waals surface area (Å²) in [7, 11) is 0. The molecule has 0 unspecified atom stereocenters. The van der Waals surface area contributed by atoms with Gasteiger partial charge in [-0.1, -0.05) is 0 Å². The molecule has 98 valence electrons. The lowest BCUT2D eigenvalue weighted by molar-refractivity contribution is -0.00283. The number of thiazole rings is 1. The molecule has 1 heterocycles. The van der Waals surface area contributed by atoms with Crippen molar-refractivity contribution in [3.63, 3.8) is 0 Å². The summed E-state index contributed by atoms with van der Waals surface area (Å²) in [6.07, 6.45) is 10.6. The predicted octanol–water partition coefficient (Wildman–Crippen LogP) is 3.18. The van der Waals surface area contributed by atoms with E-state index in [1.807, 2.05) is 11.3 Å². The molecule has 0 spiro atoms. The van der Waals surface area contributed by atoms with Crippen LogP contribution in [0, 0.1) is 23.7 Å². The van der Waals surface area contributed by atoms with Crippen molar-refractivity contribution in [2.24, 2.45) is 29.4 Å². The highest BCUT2D eigenvalue weighted by Gasteiger charge is 2.49. The Morgan fingerprint density at radius 1 is 1.11 bits per heavy atom. The summed E-state index contributed by atoms with van der Waals surface area (Å²) in [5, 5.41) is 1.44. The van der Waals surface area contributed by atoms with Crippen LogP contribution in [0.4, 0.5) is 0 Å². The zero-order valence-corrected chi connectivity index (χ0v) is 11.7. The lowest BCUT2D eigenvalue weighted by Crippen LogP contribution is -2.43. The molecule has 0 amide bonds. The number of rotatable bonds is 3. The van der Waals surface area contributed by atoms with Crippen LogP contribution in [0.15, 0.2) is 6.20 Å². The van der Waals surface area contributed by atoms with Gasteiger partial charge in [-0.3, -0.25) is 0 Å². The van der Waals surface area contributed by atoms with Gasteiger partial charge in [0.25, 0.3) is 0 Å². The van der Waals surface area contributed by atoms with Crippen molar-refractivity contribution < 1.29 is 0 Å². The number of aromatic nitrogens is 1. The Hall–Kier alpha value is -0.410. The van der Waals surface area contributed by atoms with Gasteiger partial charge < -0.3 is 5.73 Å². The maximum atomic E-state index is 5.64. The van der Waals surface area contributed by atoms with Gasteiger partial charge in [-0.25, -0.2) is 4.98 Å². The van der Waals surface area contributed by atoms with E-state index in [1.54, 1.807) is 0 Å². The first-order chi connectivity index (χ1) is 8.83. The van der Waals surface area contributed by atoms with Gasteiger partial charge in [-0.2, -0.15) is 0 Å². The minimum absolute atomic E-state index is 0.753. The molecule has 0 aromatic carbocycles. The molecule has 1 aromatic heterocycles. The second-order valence-corrected chi connectivity index (χ2v) is 7.81. The van der Waals surface area contributed by atoms with E-state index in [1.165, 1.54) is 42.0 Å². The average molecular weight is 262 g/mol. The molecule has 0 atom stereocenters. The largest absolute Gasteiger partial charge is 0.330 e. The van der Waals surface area contributed by atoms with Gasteiger partial charge in [0.15, 0.2) is 0 Å². The highest BCUT2D eigenvalue weighted by molar-refractivity contribution is 7.11. The Labute approximate surface area is 113 Å². The summed E-state index contributed by atoms with van der Waals surface area (Å²) < 4.78 is 0. The smallest absolute Gasteiger partial charge is 0.0964 e. The van der Waals surface area contributed by atoms with Crippen molar-refractivity contribution in [3.05, 3.63) is 16.1 Å². The number of nitrogens with two attached hydrogens (primary N) is 1. The molecule has 5 rings (SSSR count). The average Bonchev–Trinajstić information content (AvgIpc) is 2.76. The summed E-state index contributed by atoms with van der Waals surface area (Å²) in [6.45, 7) is 0.753. The van der Waals surface area contributed by atoms with Crippen LogP contribution in [0.1, 0.15) is 47.9 Å². The van der Waals surface area contributed by atoms with Gasteiger partial charge in [-0.15, -0.1) is 11.3 Å². The van der Waals surface area contributed by atoms with Crippen LogP contribution in [0.3, 0.4) is 0 Å². The van der Waals surface area contributed by atoms with E-state index in [0.29, 0.717) is 0 Å². The van der Waals surface area contributed by atoms with Gasteiger partial charge in [0.05, 0.1) is 5.01 Å². The van der Waals surface area contributed by atoms with E-state index >= 15 is 0 Å². The Morgan fingerprint density at radius 2 is 1.78 bits per heavy atom. The first-order valence-corrected chi connectivity index (χ1v) is 8.29. The third-order valence-electron chi connectivity index (χ3n) is 5.47. The van der Waals surface area contributed by atoms with Gasteiger partial charge in [0, 0.05) is 17.0 Å². The minimum Gasteiger partial charge on any atom is -0.330 e. The fourth-order valence-corrected chi connectivity index (χ4v) is 6.28. The summed E-state index contributed by atoms with van der Waals surface area (Å²) >= 11 is 1.95. The first-order valence-electron chi connectivity index (χ1n) is 7.48. The Balaban J connectivity index is 1.60. The van der Waals surface area contributed by atoms with Crippen molar-refractivity contribution >= 4 is 11.3 Å². The second kappa shape index (κ2) is 4.31. The van der Waals surface area contributed by atoms with Crippen LogP contribution in [-0.4, -0.2) is 11.5 Å². The molecule has 0 aliphatic heterocycles. The molecule has 4 aliphatic carbocycles. The molecule has 0 saturated heterocycles. The van der Waals surface area contributed by atoms with E-state index in [2.05, 4.69) is 6.20 Å². The summed E-state index contributed by atoms with van der Waals surface area (Å²) in [5.74, 6) is 4.84. The molecule has 0 radical (unpaired) electrons. The molecule has 18 heavy (non-hydrogen) atoms. The second-order valence-electron chi connectivity index (χ2n) is 6.66. The van der Waals surface area contributed by atoms with E-state index < -0.39 is 0 Å². The molecule has 3 heteroatoms. The zero-order valence-electron chi connectivity index (χ0n) is 10.8. The molecule has 4 fully saturated rings. The van der Waals surface area contributed by atoms with Crippen LogP contribution in [0.25, 0.3) is 0 Å². The fraction of sp³-hybridized carbons (Fsp3) is 0.800. The molecule has 2 N–H and O–H groups in total. The van der Waals surface area contributed by atoms with E-state index in [4.69, 9.17) is 10.7 Å². The first kappa shape index (κ1) is 11.4. The predicted molar refractivity (Wildman–Crippen MR) is 74.7 cm³/mol. The monoisotopic (exact) mass is 262 g/mol. The normalized spacial score (nSPS) is 41.5. The summed E-state index contributed by atoms with van der Waals surface area (Å²) in [5.41, 5.74) is 5.64. The van der Waals surface area contributed by atoms with Crippen molar-refractivity contribution in [2.45, 2.75) is 44.4 Å². The minimum atomic E-state index is 0.753. The molecule has 4 aliphatic rings. The lowest BCUT2D eigenvalue weighted by atomic mass is 9.52. The fourth-order valence-electron chi connectivity index (χ4n) is 5.06. The van der Waals surface area contributed by atoms with E-state index in [0.717, 1.165) is 42.6 Å². The van der Waals surface area contributed by atoms with Crippen LogP contribution < -0.4 is 5.73 Å². The molecule has 2 nitrogen and oxygen atoms in total. The van der Waals surface area contributed by atoms with Crippen LogP contribution in [0.2, 0.25) is 0 Å². The zero-order chi connectivity index (χ0) is 12.1. The highest BCUT2D eigenvalue weighted by atomic mass is 32.1. The van der Waals surface area contributed by atoms with E-state index in [-0.39, 0.29) is 0 Å². The number of hydrogen-bond donors (Lipinski definition) is 1. The van der Waals surface area contributed by atoms with Crippen LogP contribution >= 0.6 is 11.3 Å². The van der Waals surface area contributed by atoms with Crippen LogP contribution in [0.5, 0.6) is 0 Å². The SMILES string of the molecule is NCCc1cnc(C2C3CC4CC(C3)CC2C4)s1. The quantitative estimate of drug-likeness (QED) is 0.908. The lowest BCUT2D eigenvalue weighted by Gasteiger charge is -2.53. The maximum Gasteiger partial charge on any atom is 0.0964 e. The highest BCUT2D eigenvalue weighted by Crippen LogP contribution is 2.60. The molecular weight excluding hydrogens is 240 g/mol. The Kier molecular flexibility index (Phi) is 2.73. The molecular formula is C15H22N2S. The van der Waals surface area contributed by atoms with Gasteiger partial charge in [-0.05, 0) is 68.7 Å². The summed E-state index contributed by atoms with van der Waals surface area (Å²) in [6, 6.07) is 0. The van der Waals surface area contributed by atoms with Gasteiger partial charge in [0.2, 0.25) is 0 Å². The van der Waals surface area contributed by atoms with Crippen molar-refractivity contribution in [3.8, 4) is 0 Å². The van der Waals surface area contributed by atoms with Crippen LogP contribution in [-0.2, 0) is 6.42 Å².